The van der Waals surface area contributed by atoms with E-state index in [1.165, 1.54) is 0 Å². The van der Waals surface area contributed by atoms with Crippen molar-refractivity contribution in [2.45, 2.75) is 26.8 Å². The Hall–Kier alpha value is -0.780. The first-order valence-corrected chi connectivity index (χ1v) is 5.86. The molecule has 1 heterocycles. The Kier molecular flexibility index (Phi) is 9.92. The molecule has 0 saturated heterocycles. The fourth-order valence-corrected chi connectivity index (χ4v) is 1.63. The summed E-state index contributed by atoms with van der Waals surface area (Å²) < 4.78 is 1.76. The minimum Gasteiger partial charge on any atom is -0.345 e. The molecule has 2 N–H and O–H groups in total. The van der Waals surface area contributed by atoms with Crippen LogP contribution in [0, 0.1) is 5.41 Å². The molecule has 7 heteroatoms. The van der Waals surface area contributed by atoms with Gasteiger partial charge in [0.1, 0.15) is 0 Å². The second-order valence-corrected chi connectivity index (χ2v) is 5.14. The number of nitrogens with two attached hydrogens (primary N) is 1. The van der Waals surface area contributed by atoms with Crippen LogP contribution in [0.3, 0.4) is 0 Å². The van der Waals surface area contributed by atoms with Gasteiger partial charge in [-0.25, -0.2) is 0 Å². The maximum atomic E-state index is 11.9. The lowest BCUT2D eigenvalue weighted by Gasteiger charge is -2.29. The summed E-state index contributed by atoms with van der Waals surface area (Å²) in [4.78, 5) is 13.6. The molecule has 0 atom stereocenters. The second kappa shape index (κ2) is 9.18. The van der Waals surface area contributed by atoms with Gasteiger partial charge in [0.05, 0.1) is 0 Å². The van der Waals surface area contributed by atoms with E-state index in [2.05, 4.69) is 18.9 Å². The third-order valence-corrected chi connectivity index (χ3v) is 2.76. The third-order valence-electron chi connectivity index (χ3n) is 2.76. The van der Waals surface area contributed by atoms with Crippen LogP contribution in [0.4, 0.5) is 0 Å². The smallest absolute Gasteiger partial charge is 0.224 e. The molecule has 0 saturated carbocycles. The van der Waals surface area contributed by atoms with Crippen molar-refractivity contribution in [3.05, 3.63) is 18.5 Å². The van der Waals surface area contributed by atoms with Gasteiger partial charge in [0, 0.05) is 39.0 Å². The normalized spacial score (nSPS) is 10.3. The average molecular weight is 311 g/mol. The highest BCUT2D eigenvalue weighted by Crippen LogP contribution is 2.14. The lowest BCUT2D eigenvalue weighted by molar-refractivity contribution is -0.131. The van der Waals surface area contributed by atoms with Gasteiger partial charge in [0.15, 0.2) is 0 Å². The molecule has 0 fully saturated rings. The van der Waals surface area contributed by atoms with Gasteiger partial charge in [-0.15, -0.1) is 24.8 Å². The first-order valence-electron chi connectivity index (χ1n) is 5.86. The Balaban J connectivity index is 0. The Labute approximate surface area is 127 Å². The Morgan fingerprint density at radius 1 is 1.42 bits per heavy atom. The molecule has 0 unspecified atom stereocenters. The number of hydrogen-bond acceptors (Lipinski definition) is 3. The number of nitrogens with zero attached hydrogens (tertiary/aromatic N) is 3. The zero-order valence-electron chi connectivity index (χ0n) is 11.7. The summed E-state index contributed by atoms with van der Waals surface area (Å²) in [5, 5.41) is 4.06. The number of hydrogen-bond donors (Lipinski definition) is 1. The average Bonchev–Trinajstić information content (AvgIpc) is 2.78. The quantitative estimate of drug-likeness (QED) is 0.867. The summed E-state index contributed by atoms with van der Waals surface area (Å²) in [6.07, 6.45) is 4.04. The van der Waals surface area contributed by atoms with E-state index < -0.39 is 0 Å². The highest BCUT2D eigenvalue weighted by atomic mass is 35.5. The summed E-state index contributed by atoms with van der Waals surface area (Å²) in [6, 6.07) is 1.85. The molecule has 5 nitrogen and oxygen atoms in total. The van der Waals surface area contributed by atoms with Crippen LogP contribution >= 0.6 is 24.8 Å². The van der Waals surface area contributed by atoms with Crippen LogP contribution < -0.4 is 5.73 Å². The monoisotopic (exact) mass is 310 g/mol. The number of carbonyl (C=O) groups is 1. The van der Waals surface area contributed by atoms with Gasteiger partial charge >= 0.3 is 0 Å². The summed E-state index contributed by atoms with van der Waals surface area (Å²) >= 11 is 0. The predicted molar refractivity (Wildman–Crippen MR) is 81.8 cm³/mol. The van der Waals surface area contributed by atoms with Crippen LogP contribution in [0.15, 0.2) is 18.5 Å². The fourth-order valence-electron chi connectivity index (χ4n) is 1.63. The lowest BCUT2D eigenvalue weighted by atomic mass is 9.93. The van der Waals surface area contributed by atoms with Crippen molar-refractivity contribution in [2.24, 2.45) is 11.1 Å². The van der Waals surface area contributed by atoms with Crippen LogP contribution in [-0.2, 0) is 11.3 Å². The fraction of sp³-hybridized carbons (Fsp3) is 0.667. The molecule has 0 aliphatic rings. The number of aryl methyl sites for hydroxylation is 1. The molecule has 0 bridgehead atoms. The van der Waals surface area contributed by atoms with E-state index in [9.17, 15) is 4.79 Å². The molecule has 0 spiro atoms. The van der Waals surface area contributed by atoms with Crippen LogP contribution in [0.25, 0.3) is 0 Å². The van der Waals surface area contributed by atoms with Crippen LogP contribution in [0.5, 0.6) is 0 Å². The molecule has 0 aliphatic heterocycles. The molecule has 1 aromatic heterocycles. The van der Waals surface area contributed by atoms with E-state index in [0.717, 1.165) is 0 Å². The Morgan fingerprint density at radius 3 is 2.53 bits per heavy atom. The molecule has 0 radical (unpaired) electrons. The van der Waals surface area contributed by atoms with Gasteiger partial charge in [-0.3, -0.25) is 9.48 Å². The predicted octanol–water partition coefficient (Wildman–Crippen LogP) is 1.56. The Bertz CT molecular complexity index is 355. The van der Waals surface area contributed by atoms with Crippen molar-refractivity contribution in [3.63, 3.8) is 0 Å². The van der Waals surface area contributed by atoms with E-state index in [-0.39, 0.29) is 36.1 Å². The molecule has 0 aromatic carbocycles. The maximum absolute atomic E-state index is 11.9. The standard InChI is InChI=1S/C12H22N4O.2ClH/c1-12(2,9-13)10-15(3)11(17)5-8-16-7-4-6-14-16;;/h4,6-7H,5,8-10,13H2,1-3H3;2*1H. The summed E-state index contributed by atoms with van der Waals surface area (Å²) in [5.41, 5.74) is 5.62. The molecule has 1 amide bonds. The van der Waals surface area contributed by atoms with E-state index in [0.29, 0.717) is 26.1 Å². The van der Waals surface area contributed by atoms with Crippen LogP contribution in [0.2, 0.25) is 0 Å². The third kappa shape index (κ3) is 7.40. The topological polar surface area (TPSA) is 64.2 Å². The SMILES string of the molecule is CN(CC(C)(C)CN)C(=O)CCn1cccn1.Cl.Cl. The first kappa shape index (κ1) is 20.5. The summed E-state index contributed by atoms with van der Waals surface area (Å²) in [5.74, 6) is 0.127. The van der Waals surface area contributed by atoms with Crippen molar-refractivity contribution in [3.8, 4) is 0 Å². The number of halogens is 2. The largest absolute Gasteiger partial charge is 0.345 e. The molecule has 0 aliphatic carbocycles. The van der Waals surface area contributed by atoms with Gasteiger partial charge in [-0.1, -0.05) is 13.8 Å². The zero-order valence-corrected chi connectivity index (χ0v) is 13.3. The van der Waals surface area contributed by atoms with Gasteiger partial charge in [-0.05, 0) is 18.0 Å². The highest BCUT2D eigenvalue weighted by molar-refractivity contribution is 5.85. The lowest BCUT2D eigenvalue weighted by Crippen LogP contribution is -2.40. The maximum Gasteiger partial charge on any atom is 0.224 e. The van der Waals surface area contributed by atoms with Crippen molar-refractivity contribution < 1.29 is 4.79 Å². The van der Waals surface area contributed by atoms with Crippen LogP contribution in [0.1, 0.15) is 20.3 Å². The zero-order chi connectivity index (χ0) is 12.9. The van der Waals surface area contributed by atoms with Crippen molar-refractivity contribution in [1.29, 1.82) is 0 Å². The minimum absolute atomic E-state index is 0. The number of rotatable bonds is 6. The summed E-state index contributed by atoms with van der Waals surface area (Å²) in [6.45, 7) is 6.00. The second-order valence-electron chi connectivity index (χ2n) is 5.14. The van der Waals surface area contributed by atoms with E-state index in [1.807, 2.05) is 19.3 Å². The van der Waals surface area contributed by atoms with Crippen LogP contribution in [-0.4, -0.2) is 40.7 Å². The molecule has 19 heavy (non-hydrogen) atoms. The van der Waals surface area contributed by atoms with Gasteiger partial charge < -0.3 is 10.6 Å². The number of aromatic nitrogens is 2. The van der Waals surface area contributed by atoms with Gasteiger partial charge in [0.25, 0.3) is 0 Å². The molecular formula is C12H24Cl2N4O. The molecule has 112 valence electrons. The van der Waals surface area contributed by atoms with E-state index in [1.54, 1.807) is 15.8 Å². The minimum atomic E-state index is -0.0316. The highest BCUT2D eigenvalue weighted by Gasteiger charge is 2.20. The van der Waals surface area contributed by atoms with E-state index in [4.69, 9.17) is 5.73 Å². The summed E-state index contributed by atoms with van der Waals surface area (Å²) in [7, 11) is 1.82. The molecular weight excluding hydrogens is 287 g/mol. The first-order chi connectivity index (χ1) is 7.94. The molecule has 1 aromatic rings. The van der Waals surface area contributed by atoms with Gasteiger partial charge in [-0.2, -0.15) is 5.10 Å². The number of amides is 1. The Morgan fingerprint density at radius 2 is 2.05 bits per heavy atom. The van der Waals surface area contributed by atoms with E-state index >= 15 is 0 Å². The van der Waals surface area contributed by atoms with Crippen molar-refractivity contribution in [1.82, 2.24) is 14.7 Å². The van der Waals surface area contributed by atoms with Crippen molar-refractivity contribution in [2.75, 3.05) is 20.1 Å². The number of carbonyl (C=O) groups excluding carboxylic acids is 1. The van der Waals surface area contributed by atoms with Gasteiger partial charge in [0.2, 0.25) is 5.91 Å². The van der Waals surface area contributed by atoms with Crippen molar-refractivity contribution >= 4 is 30.7 Å². The molecule has 1 rings (SSSR count).